The zero-order chi connectivity index (χ0) is 15.6. The summed E-state index contributed by atoms with van der Waals surface area (Å²) < 4.78 is 5.17. The molecule has 1 atom stereocenters. The third-order valence-electron chi connectivity index (χ3n) is 4.66. The molecule has 22 heavy (non-hydrogen) atoms. The van der Waals surface area contributed by atoms with Gasteiger partial charge >= 0.3 is 0 Å². The molecule has 0 saturated carbocycles. The third-order valence-corrected chi connectivity index (χ3v) is 4.66. The first kappa shape index (κ1) is 15.5. The Morgan fingerprint density at radius 2 is 2.09 bits per heavy atom. The number of piperidine rings is 1. The van der Waals surface area contributed by atoms with Gasteiger partial charge in [-0.2, -0.15) is 0 Å². The first-order valence-corrected chi connectivity index (χ1v) is 8.02. The van der Waals surface area contributed by atoms with E-state index in [1.54, 1.807) is 12.1 Å². The summed E-state index contributed by atoms with van der Waals surface area (Å²) in [6.45, 7) is 5.47. The van der Waals surface area contributed by atoms with Crippen LogP contribution in [0.15, 0.2) is 22.8 Å². The summed E-state index contributed by atoms with van der Waals surface area (Å²) in [5, 5.41) is 10.7. The van der Waals surface area contributed by atoms with Crippen molar-refractivity contribution < 1.29 is 14.3 Å². The highest BCUT2D eigenvalue weighted by atomic mass is 16.3. The molecule has 2 fully saturated rings. The molecule has 1 aromatic rings. The van der Waals surface area contributed by atoms with Gasteiger partial charge in [0, 0.05) is 39.3 Å². The van der Waals surface area contributed by atoms with E-state index < -0.39 is 5.60 Å². The second-order valence-electron chi connectivity index (χ2n) is 6.61. The number of aliphatic hydroxyl groups is 1. The number of carbonyl (C=O) groups excluding carboxylic acids is 1. The summed E-state index contributed by atoms with van der Waals surface area (Å²) in [5.74, 6) is 0.363. The van der Waals surface area contributed by atoms with Crippen molar-refractivity contribution >= 4 is 5.91 Å². The monoisotopic (exact) mass is 307 g/mol. The van der Waals surface area contributed by atoms with Gasteiger partial charge in [-0.25, -0.2) is 0 Å². The summed E-state index contributed by atoms with van der Waals surface area (Å²) in [6, 6.07) is 3.44. The van der Waals surface area contributed by atoms with Gasteiger partial charge in [-0.3, -0.25) is 9.69 Å². The van der Waals surface area contributed by atoms with E-state index in [1.807, 2.05) is 4.90 Å². The fourth-order valence-electron chi connectivity index (χ4n) is 3.55. The van der Waals surface area contributed by atoms with Crippen LogP contribution in [0.1, 0.15) is 23.4 Å². The minimum absolute atomic E-state index is 0.0410. The van der Waals surface area contributed by atoms with E-state index >= 15 is 0 Å². The van der Waals surface area contributed by atoms with Crippen molar-refractivity contribution in [2.24, 2.45) is 0 Å². The molecular weight excluding hydrogens is 282 g/mol. The van der Waals surface area contributed by atoms with Gasteiger partial charge in [-0.1, -0.05) is 0 Å². The van der Waals surface area contributed by atoms with Crippen molar-refractivity contribution in [3.05, 3.63) is 24.2 Å². The molecular formula is C16H25N3O3. The van der Waals surface area contributed by atoms with Crippen molar-refractivity contribution in [1.82, 2.24) is 14.7 Å². The van der Waals surface area contributed by atoms with Crippen molar-refractivity contribution in [1.29, 1.82) is 0 Å². The molecule has 2 aliphatic heterocycles. The maximum absolute atomic E-state index is 12.2. The third kappa shape index (κ3) is 3.51. The van der Waals surface area contributed by atoms with Crippen LogP contribution in [0.25, 0.3) is 0 Å². The maximum Gasteiger partial charge on any atom is 0.289 e. The number of likely N-dealkylation sites (tertiary alicyclic amines) is 1. The predicted octanol–water partition coefficient (Wildman–Crippen LogP) is 0.494. The van der Waals surface area contributed by atoms with E-state index in [9.17, 15) is 9.90 Å². The van der Waals surface area contributed by atoms with E-state index in [0.717, 1.165) is 39.0 Å². The van der Waals surface area contributed by atoms with Crippen molar-refractivity contribution in [2.45, 2.75) is 18.4 Å². The van der Waals surface area contributed by atoms with Gasteiger partial charge in [0.1, 0.15) is 0 Å². The van der Waals surface area contributed by atoms with E-state index in [0.29, 0.717) is 25.4 Å². The van der Waals surface area contributed by atoms with Gasteiger partial charge in [0.25, 0.3) is 5.91 Å². The van der Waals surface area contributed by atoms with Crippen molar-refractivity contribution in [3.63, 3.8) is 0 Å². The Labute approximate surface area is 131 Å². The summed E-state index contributed by atoms with van der Waals surface area (Å²) in [5.41, 5.74) is -0.611. The Bertz CT molecular complexity index is 497. The molecule has 1 aromatic heterocycles. The van der Waals surface area contributed by atoms with E-state index in [-0.39, 0.29) is 5.91 Å². The Morgan fingerprint density at radius 1 is 1.32 bits per heavy atom. The van der Waals surface area contributed by atoms with Crippen LogP contribution in [-0.4, -0.2) is 84.2 Å². The minimum Gasteiger partial charge on any atom is -0.459 e. The zero-order valence-electron chi connectivity index (χ0n) is 13.2. The summed E-state index contributed by atoms with van der Waals surface area (Å²) in [7, 11) is 2.06. The molecule has 0 spiro atoms. The topological polar surface area (TPSA) is 60.2 Å². The molecule has 2 aliphatic rings. The highest BCUT2D eigenvalue weighted by Crippen LogP contribution is 2.22. The van der Waals surface area contributed by atoms with Gasteiger partial charge in [-0.15, -0.1) is 0 Å². The number of hydrogen-bond donors (Lipinski definition) is 1. The van der Waals surface area contributed by atoms with Crippen LogP contribution in [0.4, 0.5) is 0 Å². The van der Waals surface area contributed by atoms with Crippen LogP contribution in [0.2, 0.25) is 0 Å². The average molecular weight is 307 g/mol. The van der Waals surface area contributed by atoms with Crippen LogP contribution >= 0.6 is 0 Å². The average Bonchev–Trinajstić information content (AvgIpc) is 3.01. The fourth-order valence-corrected chi connectivity index (χ4v) is 3.55. The zero-order valence-corrected chi connectivity index (χ0v) is 13.2. The SMILES string of the molecule is CN1CCCC(O)(CN2CCN(C(=O)c3ccco3)CC2)C1. The number of likely N-dealkylation sites (N-methyl/N-ethyl adjacent to an activating group) is 1. The predicted molar refractivity (Wildman–Crippen MR) is 82.7 cm³/mol. The molecule has 2 saturated heterocycles. The lowest BCUT2D eigenvalue weighted by molar-refractivity contribution is -0.0528. The number of hydrogen-bond acceptors (Lipinski definition) is 5. The quantitative estimate of drug-likeness (QED) is 0.881. The molecule has 122 valence electrons. The van der Waals surface area contributed by atoms with Crippen LogP contribution in [0.5, 0.6) is 0 Å². The number of furan rings is 1. The maximum atomic E-state index is 12.2. The number of rotatable bonds is 3. The number of β-amino-alcohol motifs (C(OH)–C–C–N with tert-alkyl or cyclic N) is 1. The van der Waals surface area contributed by atoms with Crippen molar-refractivity contribution in [2.75, 3.05) is 52.9 Å². The van der Waals surface area contributed by atoms with Crippen LogP contribution in [0, 0.1) is 0 Å². The molecule has 0 bridgehead atoms. The molecule has 1 unspecified atom stereocenters. The molecule has 3 rings (SSSR count). The molecule has 0 aliphatic carbocycles. The molecule has 0 radical (unpaired) electrons. The lowest BCUT2D eigenvalue weighted by Crippen LogP contribution is -2.57. The lowest BCUT2D eigenvalue weighted by atomic mass is 9.92. The molecule has 1 N–H and O–H groups in total. The summed E-state index contributed by atoms with van der Waals surface area (Å²) in [6.07, 6.45) is 3.44. The second-order valence-corrected chi connectivity index (χ2v) is 6.61. The van der Waals surface area contributed by atoms with Gasteiger partial charge in [0.2, 0.25) is 0 Å². The summed E-state index contributed by atoms with van der Waals surface area (Å²) in [4.78, 5) is 18.5. The standard InChI is InChI=1S/C16H25N3O3/c1-17-6-3-5-16(21,12-17)13-18-7-9-19(10-8-18)15(20)14-4-2-11-22-14/h2,4,11,21H,3,5-10,12-13H2,1H3. The second kappa shape index (κ2) is 6.40. The summed E-state index contributed by atoms with van der Waals surface area (Å²) >= 11 is 0. The van der Waals surface area contributed by atoms with Gasteiger partial charge in [-0.05, 0) is 38.6 Å². The lowest BCUT2D eigenvalue weighted by Gasteiger charge is -2.43. The Balaban J connectivity index is 1.50. The van der Waals surface area contributed by atoms with E-state index in [2.05, 4.69) is 16.8 Å². The first-order valence-electron chi connectivity index (χ1n) is 8.02. The normalized spacial score (nSPS) is 28.0. The number of carbonyl (C=O) groups is 1. The number of piperazine rings is 1. The fraction of sp³-hybridized carbons (Fsp3) is 0.688. The molecule has 3 heterocycles. The first-order chi connectivity index (χ1) is 10.6. The molecule has 6 nitrogen and oxygen atoms in total. The Hall–Kier alpha value is -1.37. The van der Waals surface area contributed by atoms with Crippen LogP contribution in [0.3, 0.4) is 0 Å². The van der Waals surface area contributed by atoms with E-state index in [1.165, 1.54) is 6.26 Å². The number of amides is 1. The molecule has 0 aromatic carbocycles. The highest BCUT2D eigenvalue weighted by Gasteiger charge is 2.35. The van der Waals surface area contributed by atoms with Crippen LogP contribution in [-0.2, 0) is 0 Å². The van der Waals surface area contributed by atoms with Gasteiger partial charge < -0.3 is 19.3 Å². The van der Waals surface area contributed by atoms with Crippen LogP contribution < -0.4 is 0 Å². The smallest absolute Gasteiger partial charge is 0.289 e. The van der Waals surface area contributed by atoms with E-state index in [4.69, 9.17) is 4.42 Å². The van der Waals surface area contributed by atoms with Gasteiger partial charge in [0.05, 0.1) is 11.9 Å². The van der Waals surface area contributed by atoms with Gasteiger partial charge in [0.15, 0.2) is 5.76 Å². The largest absolute Gasteiger partial charge is 0.459 e. The molecule has 1 amide bonds. The Kier molecular flexibility index (Phi) is 4.52. The molecule has 6 heteroatoms. The number of nitrogens with zero attached hydrogens (tertiary/aromatic N) is 3. The highest BCUT2D eigenvalue weighted by molar-refractivity contribution is 5.91. The minimum atomic E-state index is -0.611. The Morgan fingerprint density at radius 3 is 2.73 bits per heavy atom. The van der Waals surface area contributed by atoms with Crippen molar-refractivity contribution in [3.8, 4) is 0 Å².